The predicted octanol–water partition coefficient (Wildman–Crippen LogP) is 1.79. The van der Waals surface area contributed by atoms with Gasteiger partial charge in [0.1, 0.15) is 0 Å². The Labute approximate surface area is 151 Å². The van der Waals surface area contributed by atoms with Crippen molar-refractivity contribution in [3.8, 4) is 6.07 Å². The summed E-state index contributed by atoms with van der Waals surface area (Å²) in [7, 11) is 0. The average Bonchev–Trinajstić information content (AvgIpc) is 2.65. The van der Waals surface area contributed by atoms with Crippen LogP contribution in [0.3, 0.4) is 0 Å². The Kier molecular flexibility index (Phi) is 6.83. The Hall–Kier alpha value is -1.45. The highest BCUT2D eigenvalue weighted by Gasteiger charge is 2.23. The first-order chi connectivity index (χ1) is 12.2. The Morgan fingerprint density at radius 3 is 2.48 bits per heavy atom. The second kappa shape index (κ2) is 9.30. The lowest BCUT2D eigenvalue weighted by Crippen LogP contribution is -2.52. The first-order valence-corrected chi connectivity index (χ1v) is 9.50. The van der Waals surface area contributed by atoms with Gasteiger partial charge in [-0.3, -0.25) is 14.7 Å². The molecule has 0 aromatic heterocycles. The molecule has 0 N–H and O–H groups in total. The minimum atomic E-state index is 0.608. The monoisotopic (exact) mass is 342 g/mol. The van der Waals surface area contributed by atoms with Crippen LogP contribution in [0.25, 0.3) is 0 Å². The molecule has 1 atom stereocenters. The zero-order valence-electron chi connectivity index (χ0n) is 15.4. The predicted molar refractivity (Wildman–Crippen MR) is 99.3 cm³/mol. The molecule has 2 saturated heterocycles. The number of morpholine rings is 1. The standard InChI is InChI=1S/C20H30N4O/c1-18-16-23(17-20-5-3-19(15-21)4-6-20)9-10-24(18)8-2-7-22-11-13-25-14-12-22/h3-6,18H,2,7-14,16-17H2,1H3/t18-/m1/s1. The number of nitrogens with zero attached hydrogens (tertiary/aromatic N) is 4. The maximum atomic E-state index is 8.89. The molecule has 0 amide bonds. The van der Waals surface area contributed by atoms with E-state index in [0.717, 1.165) is 58.0 Å². The van der Waals surface area contributed by atoms with E-state index in [-0.39, 0.29) is 0 Å². The molecule has 0 spiro atoms. The van der Waals surface area contributed by atoms with Gasteiger partial charge in [-0.1, -0.05) is 12.1 Å². The highest BCUT2D eigenvalue weighted by atomic mass is 16.5. The molecule has 5 nitrogen and oxygen atoms in total. The minimum absolute atomic E-state index is 0.608. The average molecular weight is 342 g/mol. The third kappa shape index (κ3) is 5.52. The molecule has 0 saturated carbocycles. The van der Waals surface area contributed by atoms with Gasteiger partial charge in [0.15, 0.2) is 0 Å². The molecule has 0 aliphatic carbocycles. The van der Waals surface area contributed by atoms with Gasteiger partial charge in [0.05, 0.1) is 24.8 Å². The molecule has 25 heavy (non-hydrogen) atoms. The van der Waals surface area contributed by atoms with Crippen molar-refractivity contribution in [1.29, 1.82) is 5.26 Å². The quantitative estimate of drug-likeness (QED) is 0.788. The van der Waals surface area contributed by atoms with Crippen molar-refractivity contribution in [2.75, 3.05) is 59.0 Å². The van der Waals surface area contributed by atoms with Crippen molar-refractivity contribution in [2.24, 2.45) is 0 Å². The van der Waals surface area contributed by atoms with Gasteiger partial charge < -0.3 is 4.74 Å². The first kappa shape index (κ1) is 18.3. The van der Waals surface area contributed by atoms with Gasteiger partial charge >= 0.3 is 0 Å². The number of rotatable bonds is 6. The molecule has 3 rings (SSSR count). The maximum absolute atomic E-state index is 8.89. The summed E-state index contributed by atoms with van der Waals surface area (Å²) in [5, 5.41) is 8.89. The largest absolute Gasteiger partial charge is 0.379 e. The lowest BCUT2D eigenvalue weighted by atomic mass is 10.1. The van der Waals surface area contributed by atoms with Crippen LogP contribution in [-0.4, -0.2) is 79.8 Å². The van der Waals surface area contributed by atoms with Crippen molar-refractivity contribution < 1.29 is 4.74 Å². The number of hydrogen-bond donors (Lipinski definition) is 0. The number of hydrogen-bond acceptors (Lipinski definition) is 5. The third-order valence-corrected chi connectivity index (χ3v) is 5.36. The van der Waals surface area contributed by atoms with Crippen molar-refractivity contribution in [3.63, 3.8) is 0 Å². The number of nitriles is 1. The molecule has 0 bridgehead atoms. The zero-order chi connectivity index (χ0) is 17.5. The van der Waals surface area contributed by atoms with Crippen molar-refractivity contribution in [3.05, 3.63) is 35.4 Å². The Balaban J connectivity index is 1.38. The van der Waals surface area contributed by atoms with Crippen LogP contribution < -0.4 is 0 Å². The van der Waals surface area contributed by atoms with Gasteiger partial charge in [0.25, 0.3) is 0 Å². The van der Waals surface area contributed by atoms with Crippen LogP contribution in [0.5, 0.6) is 0 Å². The lowest BCUT2D eigenvalue weighted by Gasteiger charge is -2.40. The van der Waals surface area contributed by atoms with Gasteiger partial charge in [-0.25, -0.2) is 0 Å². The van der Waals surface area contributed by atoms with Crippen LogP contribution in [-0.2, 0) is 11.3 Å². The fourth-order valence-corrected chi connectivity index (χ4v) is 3.81. The molecule has 0 radical (unpaired) electrons. The van der Waals surface area contributed by atoms with Crippen LogP contribution in [0.1, 0.15) is 24.5 Å². The van der Waals surface area contributed by atoms with E-state index in [9.17, 15) is 0 Å². The highest BCUT2D eigenvalue weighted by Crippen LogP contribution is 2.14. The fraction of sp³-hybridized carbons (Fsp3) is 0.650. The first-order valence-electron chi connectivity index (χ1n) is 9.50. The van der Waals surface area contributed by atoms with Crippen LogP contribution in [0.4, 0.5) is 0 Å². The third-order valence-electron chi connectivity index (χ3n) is 5.36. The molecule has 136 valence electrons. The van der Waals surface area contributed by atoms with Crippen molar-refractivity contribution >= 4 is 0 Å². The lowest BCUT2D eigenvalue weighted by molar-refractivity contribution is 0.0322. The second-order valence-electron chi connectivity index (χ2n) is 7.24. The van der Waals surface area contributed by atoms with E-state index in [4.69, 9.17) is 10.00 Å². The Bertz CT molecular complexity index is 562. The van der Waals surface area contributed by atoms with Gasteiger partial charge in [-0.2, -0.15) is 5.26 Å². The molecule has 5 heteroatoms. The molecular formula is C20H30N4O. The summed E-state index contributed by atoms with van der Waals surface area (Å²) in [6.45, 7) is 13.1. The normalized spacial score (nSPS) is 23.4. The summed E-state index contributed by atoms with van der Waals surface area (Å²) in [6, 6.07) is 10.8. The fourth-order valence-electron chi connectivity index (χ4n) is 3.81. The molecule has 2 heterocycles. The van der Waals surface area contributed by atoms with E-state index in [1.165, 1.54) is 25.1 Å². The Morgan fingerprint density at radius 2 is 1.80 bits per heavy atom. The molecule has 1 aromatic rings. The molecule has 2 aliphatic rings. The summed E-state index contributed by atoms with van der Waals surface area (Å²) in [4.78, 5) is 7.69. The van der Waals surface area contributed by atoms with Crippen LogP contribution >= 0.6 is 0 Å². The minimum Gasteiger partial charge on any atom is -0.379 e. The molecule has 0 unspecified atom stereocenters. The van der Waals surface area contributed by atoms with Gasteiger partial charge in [0.2, 0.25) is 0 Å². The Morgan fingerprint density at radius 1 is 1.04 bits per heavy atom. The van der Waals surface area contributed by atoms with E-state index >= 15 is 0 Å². The summed E-state index contributed by atoms with van der Waals surface area (Å²) < 4.78 is 5.41. The van der Waals surface area contributed by atoms with Crippen LogP contribution in [0.2, 0.25) is 0 Å². The summed E-state index contributed by atoms with van der Waals surface area (Å²) in [5.74, 6) is 0. The van der Waals surface area contributed by atoms with Crippen molar-refractivity contribution in [1.82, 2.24) is 14.7 Å². The van der Waals surface area contributed by atoms with Crippen molar-refractivity contribution in [2.45, 2.75) is 25.9 Å². The SMILES string of the molecule is C[C@@H]1CN(Cc2ccc(C#N)cc2)CCN1CCCN1CCOCC1. The van der Waals surface area contributed by atoms with Gasteiger partial charge in [-0.05, 0) is 44.1 Å². The van der Waals surface area contributed by atoms with E-state index in [0.29, 0.717) is 6.04 Å². The van der Waals surface area contributed by atoms with Crippen LogP contribution in [0.15, 0.2) is 24.3 Å². The van der Waals surface area contributed by atoms with Gasteiger partial charge in [-0.15, -0.1) is 0 Å². The topological polar surface area (TPSA) is 42.7 Å². The zero-order valence-corrected chi connectivity index (χ0v) is 15.4. The maximum Gasteiger partial charge on any atom is 0.0991 e. The van der Waals surface area contributed by atoms with Crippen LogP contribution in [0, 0.1) is 11.3 Å². The number of piperazine rings is 1. The highest BCUT2D eigenvalue weighted by molar-refractivity contribution is 5.31. The number of benzene rings is 1. The van der Waals surface area contributed by atoms with Gasteiger partial charge in [0, 0.05) is 45.3 Å². The smallest absolute Gasteiger partial charge is 0.0991 e. The molecule has 1 aromatic carbocycles. The molecule has 2 fully saturated rings. The van der Waals surface area contributed by atoms with E-state index in [1.54, 1.807) is 0 Å². The van der Waals surface area contributed by atoms with E-state index in [1.807, 2.05) is 12.1 Å². The van der Waals surface area contributed by atoms with E-state index in [2.05, 4.69) is 39.8 Å². The molecular weight excluding hydrogens is 312 g/mol. The molecule has 2 aliphatic heterocycles. The summed E-state index contributed by atoms with van der Waals surface area (Å²) in [5.41, 5.74) is 2.04. The summed E-state index contributed by atoms with van der Waals surface area (Å²) in [6.07, 6.45) is 1.25. The van der Waals surface area contributed by atoms with E-state index < -0.39 is 0 Å². The second-order valence-corrected chi connectivity index (χ2v) is 7.24. The number of ether oxygens (including phenoxy) is 1. The summed E-state index contributed by atoms with van der Waals surface area (Å²) >= 11 is 0.